The summed E-state index contributed by atoms with van der Waals surface area (Å²) in [6.45, 7) is 0.327. The highest BCUT2D eigenvalue weighted by Crippen LogP contribution is 2.38. The van der Waals surface area contributed by atoms with E-state index in [1.54, 1.807) is 13.3 Å². The summed E-state index contributed by atoms with van der Waals surface area (Å²) < 4.78 is 37.1. The van der Waals surface area contributed by atoms with Crippen LogP contribution in [-0.4, -0.2) is 26.0 Å². The van der Waals surface area contributed by atoms with Gasteiger partial charge >= 0.3 is 0 Å². The Morgan fingerprint density at radius 3 is 2.86 bits per heavy atom. The van der Waals surface area contributed by atoms with Crippen LogP contribution in [-0.2, 0) is 6.54 Å². The van der Waals surface area contributed by atoms with E-state index >= 15 is 0 Å². The summed E-state index contributed by atoms with van der Waals surface area (Å²) in [6, 6.07) is 4.01. The van der Waals surface area contributed by atoms with Crippen molar-refractivity contribution in [3.05, 3.63) is 63.8 Å². The van der Waals surface area contributed by atoms with Crippen molar-refractivity contribution in [3.8, 4) is 5.88 Å². The summed E-state index contributed by atoms with van der Waals surface area (Å²) in [5.41, 5.74) is 1.13. The van der Waals surface area contributed by atoms with Crippen LogP contribution in [0.4, 0.5) is 8.78 Å². The average molecular weight is 384 g/mol. The number of nitrogens with one attached hydrogen (secondary N) is 1. The first kappa shape index (κ1) is 17.0. The van der Waals surface area contributed by atoms with Crippen LogP contribution in [0.2, 0.25) is 0 Å². The fourth-order valence-corrected chi connectivity index (χ4v) is 3.95. The average Bonchev–Trinajstić information content (AvgIpc) is 3.17. The van der Waals surface area contributed by atoms with Crippen LogP contribution in [0.3, 0.4) is 0 Å². The highest BCUT2D eigenvalue weighted by atomic mass is 19.2. The van der Waals surface area contributed by atoms with Gasteiger partial charge in [0.2, 0.25) is 17.2 Å². The van der Waals surface area contributed by atoms with Crippen molar-refractivity contribution in [1.82, 2.24) is 18.9 Å². The first-order valence-electron chi connectivity index (χ1n) is 9.17. The molecule has 1 aliphatic rings. The molecule has 1 aromatic carbocycles. The van der Waals surface area contributed by atoms with Crippen molar-refractivity contribution < 1.29 is 13.5 Å². The topological polar surface area (TPSA) is 64.3 Å². The lowest BCUT2D eigenvalue weighted by Crippen LogP contribution is -2.16. The second kappa shape index (κ2) is 6.19. The van der Waals surface area contributed by atoms with Gasteiger partial charge in [-0.15, -0.1) is 0 Å². The van der Waals surface area contributed by atoms with E-state index in [1.807, 2.05) is 15.2 Å². The van der Waals surface area contributed by atoms with Crippen molar-refractivity contribution in [2.75, 3.05) is 7.11 Å². The van der Waals surface area contributed by atoms with Crippen LogP contribution in [0.25, 0.3) is 16.7 Å². The molecule has 0 bridgehead atoms. The van der Waals surface area contributed by atoms with Crippen LogP contribution in [0.15, 0.2) is 35.4 Å². The quantitative estimate of drug-likeness (QED) is 0.585. The molecular weight excluding hydrogens is 366 g/mol. The van der Waals surface area contributed by atoms with Gasteiger partial charge in [-0.2, -0.15) is 0 Å². The molecule has 8 heteroatoms. The zero-order valence-electron chi connectivity index (χ0n) is 15.2. The molecular formula is C20H18F2N4O2. The van der Waals surface area contributed by atoms with Gasteiger partial charge in [-0.05, 0) is 30.5 Å². The maximum Gasteiger partial charge on any atom is 0.248 e. The number of imidazole rings is 2. The number of H-pyrrole nitrogens is 1. The zero-order valence-corrected chi connectivity index (χ0v) is 15.2. The molecule has 1 saturated carbocycles. The second-order valence-electron chi connectivity index (χ2n) is 7.18. The summed E-state index contributed by atoms with van der Waals surface area (Å²) in [5, 5.41) is 0.475. The molecule has 3 aromatic heterocycles. The number of ether oxygens (including phenoxy) is 1. The number of methoxy groups -OCH3 is 1. The molecule has 4 aromatic rings. The van der Waals surface area contributed by atoms with E-state index in [2.05, 4.69) is 9.97 Å². The molecule has 0 radical (unpaired) electrons. The predicted octanol–water partition coefficient (Wildman–Crippen LogP) is 3.58. The first-order chi connectivity index (χ1) is 13.6. The number of aromatic amines is 1. The Bertz CT molecular complexity index is 1270. The Kier molecular flexibility index (Phi) is 3.75. The van der Waals surface area contributed by atoms with Gasteiger partial charge < -0.3 is 14.3 Å². The minimum atomic E-state index is -1.05. The van der Waals surface area contributed by atoms with E-state index in [0.717, 1.165) is 24.6 Å². The van der Waals surface area contributed by atoms with Gasteiger partial charge in [-0.1, -0.05) is 6.42 Å². The van der Waals surface area contributed by atoms with Gasteiger partial charge in [0.15, 0.2) is 11.6 Å². The predicted molar refractivity (Wildman–Crippen MR) is 99.9 cm³/mol. The largest absolute Gasteiger partial charge is 0.481 e. The number of halogens is 2. The number of rotatable bonds is 4. The van der Waals surface area contributed by atoms with Gasteiger partial charge in [0.05, 0.1) is 25.4 Å². The van der Waals surface area contributed by atoms with E-state index in [-0.39, 0.29) is 5.52 Å². The van der Waals surface area contributed by atoms with E-state index in [4.69, 9.17) is 4.74 Å². The number of aromatic nitrogens is 4. The van der Waals surface area contributed by atoms with Gasteiger partial charge in [-0.25, -0.2) is 13.8 Å². The Hall–Kier alpha value is -3.16. The van der Waals surface area contributed by atoms with Crippen molar-refractivity contribution in [2.45, 2.75) is 31.7 Å². The monoisotopic (exact) mass is 384 g/mol. The van der Waals surface area contributed by atoms with Crippen LogP contribution in [0.5, 0.6) is 5.88 Å². The molecule has 5 rings (SSSR count). The van der Waals surface area contributed by atoms with Crippen molar-refractivity contribution >= 4 is 16.7 Å². The molecule has 0 aliphatic heterocycles. The number of fused-ring (bicyclic) bond motifs is 2. The Morgan fingerprint density at radius 2 is 2.14 bits per heavy atom. The van der Waals surface area contributed by atoms with E-state index < -0.39 is 17.2 Å². The molecule has 0 atom stereocenters. The first-order valence-corrected chi connectivity index (χ1v) is 9.17. The smallest absolute Gasteiger partial charge is 0.248 e. The molecule has 0 unspecified atom stereocenters. The van der Waals surface area contributed by atoms with E-state index in [1.165, 1.54) is 18.6 Å². The molecule has 0 saturated heterocycles. The molecule has 6 nitrogen and oxygen atoms in total. The number of nitrogens with zero attached hydrogens (tertiary/aromatic N) is 3. The molecule has 0 spiro atoms. The van der Waals surface area contributed by atoms with Crippen molar-refractivity contribution in [2.24, 2.45) is 0 Å². The lowest BCUT2D eigenvalue weighted by molar-refractivity contribution is 0.391. The Morgan fingerprint density at radius 1 is 1.32 bits per heavy atom. The Balaban J connectivity index is 1.71. The SMILES string of the molecule is COc1cnc2n(Cc3cc(=O)[nH]c4c(F)c(F)ccc34)c(C3CCC3)cn12. The second-order valence-corrected chi connectivity index (χ2v) is 7.18. The summed E-state index contributed by atoms with van der Waals surface area (Å²) in [6.07, 6.45) is 7.01. The fourth-order valence-electron chi connectivity index (χ4n) is 3.95. The lowest BCUT2D eigenvalue weighted by atomic mass is 9.83. The number of benzene rings is 1. The van der Waals surface area contributed by atoms with Gasteiger partial charge in [-0.3, -0.25) is 9.20 Å². The van der Waals surface area contributed by atoms with Crippen LogP contribution in [0.1, 0.15) is 36.4 Å². The van der Waals surface area contributed by atoms with Gasteiger partial charge in [0.1, 0.15) is 0 Å². The summed E-state index contributed by atoms with van der Waals surface area (Å²) >= 11 is 0. The zero-order chi connectivity index (χ0) is 19.4. The van der Waals surface area contributed by atoms with Gasteiger partial charge in [0.25, 0.3) is 0 Å². The number of pyridine rings is 1. The Labute approximate surface area is 158 Å². The number of hydrogen-bond acceptors (Lipinski definition) is 3. The summed E-state index contributed by atoms with van der Waals surface area (Å²) in [5.74, 6) is -0.311. The standard InChI is InChI=1S/C20H18F2N4O2/c1-28-17-8-23-20-25(15(10-26(17)20)11-3-2-4-11)9-12-7-16(27)24-19-13(12)5-6-14(21)18(19)22/h5-8,10-11H,2-4,9H2,1H3,(H,24,27). The normalized spacial score (nSPS) is 14.7. The molecule has 1 N–H and O–H groups in total. The maximum atomic E-state index is 14.2. The molecule has 1 aliphatic carbocycles. The fraction of sp³-hybridized carbons (Fsp3) is 0.300. The minimum absolute atomic E-state index is 0.114. The minimum Gasteiger partial charge on any atom is -0.481 e. The molecule has 144 valence electrons. The highest BCUT2D eigenvalue weighted by Gasteiger charge is 2.26. The third kappa shape index (κ3) is 2.44. The van der Waals surface area contributed by atoms with Crippen molar-refractivity contribution in [1.29, 1.82) is 0 Å². The summed E-state index contributed by atoms with van der Waals surface area (Å²) in [7, 11) is 1.59. The van der Waals surface area contributed by atoms with E-state index in [9.17, 15) is 13.6 Å². The lowest BCUT2D eigenvalue weighted by Gasteiger charge is -2.26. The van der Waals surface area contributed by atoms with Crippen LogP contribution >= 0.6 is 0 Å². The molecule has 1 fully saturated rings. The van der Waals surface area contributed by atoms with Crippen LogP contribution in [0, 0.1) is 11.6 Å². The van der Waals surface area contributed by atoms with Crippen molar-refractivity contribution in [3.63, 3.8) is 0 Å². The maximum absolute atomic E-state index is 14.2. The summed E-state index contributed by atoms with van der Waals surface area (Å²) in [4.78, 5) is 19.0. The molecule has 0 amide bonds. The van der Waals surface area contributed by atoms with Crippen LogP contribution < -0.4 is 10.3 Å². The van der Waals surface area contributed by atoms with E-state index in [0.29, 0.717) is 35.1 Å². The number of hydrogen-bond donors (Lipinski definition) is 1. The highest BCUT2D eigenvalue weighted by molar-refractivity contribution is 5.82. The third-order valence-corrected chi connectivity index (χ3v) is 5.61. The molecule has 3 heterocycles. The third-order valence-electron chi connectivity index (χ3n) is 5.61. The molecule has 28 heavy (non-hydrogen) atoms. The van der Waals surface area contributed by atoms with Gasteiger partial charge in [0, 0.05) is 29.3 Å².